The number of nitrogen functional groups attached to an aromatic ring is 1. The number of ketones is 1. The van der Waals surface area contributed by atoms with Crippen LogP contribution in [-0.2, 0) is 15.2 Å². The highest BCUT2D eigenvalue weighted by Gasteiger charge is 2.47. The van der Waals surface area contributed by atoms with E-state index >= 15 is 0 Å². The van der Waals surface area contributed by atoms with Gasteiger partial charge in [0, 0.05) is 30.8 Å². The van der Waals surface area contributed by atoms with Gasteiger partial charge in [0.1, 0.15) is 17.8 Å². The zero-order chi connectivity index (χ0) is 48.9. The lowest BCUT2D eigenvalue weighted by molar-refractivity contribution is -0.275. The quantitative estimate of drug-likeness (QED) is 0.0279. The van der Waals surface area contributed by atoms with Crippen molar-refractivity contribution in [3.8, 4) is 11.5 Å². The number of ether oxygens (including phenoxy) is 2. The summed E-state index contributed by atoms with van der Waals surface area (Å²) < 4.78 is 79.6. The number of nitrogens with two attached hydrogens (primary N) is 2. The van der Waals surface area contributed by atoms with Crippen molar-refractivity contribution in [3.63, 3.8) is 0 Å². The molecule has 24 heteroatoms. The number of fused-ring (bicyclic) bond motifs is 2. The lowest BCUT2D eigenvalue weighted by Crippen LogP contribution is -2.35. The van der Waals surface area contributed by atoms with Gasteiger partial charge in [-0.05, 0) is 117 Å². The smallest absolute Gasteiger partial charge is 0.406 e. The Morgan fingerprint density at radius 2 is 1.11 bits per heavy atom. The van der Waals surface area contributed by atoms with Crippen LogP contribution in [0.2, 0.25) is 15.1 Å². The average Bonchev–Trinajstić information content (AvgIpc) is 3.65. The third-order valence-electron chi connectivity index (χ3n) is 8.31. The number of carbonyl (C=O) groups excluding carboxylic acids is 3. The molecular weight excluding hydrogens is 1030 g/mol. The molecule has 1 unspecified atom stereocenters. The number of halogens is 11. The van der Waals surface area contributed by atoms with Crippen LogP contribution in [0.5, 0.6) is 11.5 Å². The van der Waals surface area contributed by atoms with Crippen molar-refractivity contribution in [2.45, 2.75) is 52.3 Å². The van der Waals surface area contributed by atoms with Gasteiger partial charge in [-0.2, -0.15) is 0 Å². The molecule has 0 saturated carbocycles. The fraction of sp³-hybridized carbons (Fsp3) is 0.195. The first-order chi connectivity index (χ1) is 29.7. The number of benzene rings is 5. The highest BCUT2D eigenvalue weighted by atomic mass is 79.9. The molecule has 2 heterocycles. The van der Waals surface area contributed by atoms with E-state index in [1.807, 2.05) is 25.1 Å². The van der Waals surface area contributed by atoms with Gasteiger partial charge in [-0.1, -0.05) is 75.0 Å². The zero-order valence-electron chi connectivity index (χ0n) is 33.9. The highest BCUT2D eigenvalue weighted by Crippen LogP contribution is 2.44. The summed E-state index contributed by atoms with van der Waals surface area (Å²) in [5.41, 5.74) is 8.32. The summed E-state index contributed by atoms with van der Waals surface area (Å²) in [7, 11) is 0. The largest absolute Gasteiger partial charge is 0.573 e. The molecule has 7 rings (SSSR count). The van der Waals surface area contributed by atoms with E-state index in [1.54, 1.807) is 32.0 Å². The van der Waals surface area contributed by atoms with E-state index in [2.05, 4.69) is 41.9 Å². The summed E-state index contributed by atoms with van der Waals surface area (Å²) in [6.07, 6.45) is -10.6. The Bertz CT molecular complexity index is 2390. The minimum atomic E-state index is -4.82. The molecule has 2 aliphatic rings. The number of hydrogen-bond acceptors (Lipinski definition) is 11. The summed E-state index contributed by atoms with van der Waals surface area (Å²) in [6, 6.07) is 21.6. The SMILES string of the molecule is CC(O)O.Cc1c(Cl)ccc2c1NC(=O)C2(O)c1ccc(OC(F)(F)F)cc1.Cc1c(Cl)ccc2c1NC(=O)C2=O.Cc1c(N)cccc1Cl.Cl.FC(F)(F)Oc1ccc(Br)cc1.NO. The number of nitrogens with one attached hydrogen (secondary N) is 2. The number of rotatable bonds is 3. The Balaban J connectivity index is 0.000000441. The van der Waals surface area contributed by atoms with Crippen LogP contribution in [0, 0.1) is 20.8 Å². The number of anilines is 3. The topological polar surface area (TPSA) is 227 Å². The van der Waals surface area contributed by atoms with E-state index < -0.39 is 48.0 Å². The zero-order valence-corrected chi connectivity index (χ0v) is 38.6. The molecule has 0 radical (unpaired) electrons. The number of amides is 2. The van der Waals surface area contributed by atoms with Crippen LogP contribution < -0.4 is 31.7 Å². The minimum Gasteiger partial charge on any atom is -0.406 e. The van der Waals surface area contributed by atoms with Crippen LogP contribution in [0.1, 0.15) is 45.1 Å². The molecule has 0 fully saturated rings. The lowest BCUT2D eigenvalue weighted by Gasteiger charge is -2.22. The second-order valence-corrected chi connectivity index (χ2v) is 14.9. The third-order valence-corrected chi connectivity index (χ3v) is 10.1. The molecule has 5 aromatic rings. The van der Waals surface area contributed by atoms with Gasteiger partial charge in [0.2, 0.25) is 0 Å². The number of carbonyl (C=O) groups is 3. The van der Waals surface area contributed by atoms with Crippen molar-refractivity contribution in [1.82, 2.24) is 0 Å². The predicted molar refractivity (Wildman–Crippen MR) is 239 cm³/mol. The molecule has 2 aliphatic heterocycles. The summed E-state index contributed by atoms with van der Waals surface area (Å²) >= 11 is 20.7. The van der Waals surface area contributed by atoms with Gasteiger partial charge in [-0.15, -0.1) is 38.7 Å². The fourth-order valence-corrected chi connectivity index (χ4v) is 6.01. The molecule has 0 bridgehead atoms. The standard InChI is InChI=1S/C16H11ClF3NO3.C9H6ClNO2.C7H4BrF3O.C7H8ClN.C2H6O2.ClH.H3NO/c1-8-12(17)7-6-11-13(8)21-14(22)15(11,23)9-2-4-10(5-3-9)24-16(18,19)20;1-4-6(10)3-2-5-7(4)11-9(13)8(5)12;8-5-1-3-6(4-2-5)12-7(9,10)11;1-5-6(8)3-2-4-7(5)9;1-2(3)4;;1-2/h2-7,23H,1H3,(H,21,22);2-3H,1H3,(H,11,12,13);1-4H;2-4H,9H2,1H3;2-4H,1H3;1H;2H,1H2. The van der Waals surface area contributed by atoms with Gasteiger partial charge >= 0.3 is 12.7 Å². The van der Waals surface area contributed by atoms with Crippen LogP contribution in [-0.4, -0.2) is 57.1 Å². The maximum absolute atomic E-state index is 12.3. The normalized spacial score (nSPS) is 14.2. The molecule has 2 amide bonds. The van der Waals surface area contributed by atoms with Gasteiger partial charge in [0.25, 0.3) is 17.6 Å². The fourth-order valence-electron chi connectivity index (χ4n) is 5.25. The van der Waals surface area contributed by atoms with Crippen molar-refractivity contribution < 1.29 is 70.7 Å². The molecular formula is C41H39BrCl4F6N4O9. The maximum atomic E-state index is 12.3. The molecule has 10 N–H and O–H groups in total. The number of hydrogen-bond donors (Lipinski definition) is 8. The molecule has 0 saturated heterocycles. The Morgan fingerprint density at radius 3 is 1.55 bits per heavy atom. The first-order valence-corrected chi connectivity index (χ1v) is 19.6. The van der Waals surface area contributed by atoms with E-state index in [-0.39, 0.29) is 23.7 Å². The Kier molecular flexibility index (Phi) is 22.5. The summed E-state index contributed by atoms with van der Waals surface area (Å²) in [5.74, 6) is 1.06. The molecule has 0 aromatic heterocycles. The number of aliphatic hydroxyl groups is 3. The second kappa shape index (κ2) is 25.2. The van der Waals surface area contributed by atoms with Gasteiger partial charge in [-0.25, -0.2) is 5.90 Å². The molecule has 65 heavy (non-hydrogen) atoms. The first kappa shape index (κ1) is 58.1. The molecule has 0 aliphatic carbocycles. The summed E-state index contributed by atoms with van der Waals surface area (Å²) in [4.78, 5) is 34.5. The van der Waals surface area contributed by atoms with E-state index in [0.29, 0.717) is 42.6 Å². The van der Waals surface area contributed by atoms with E-state index in [0.717, 1.165) is 34.0 Å². The van der Waals surface area contributed by atoms with E-state index in [1.165, 1.54) is 49.4 Å². The van der Waals surface area contributed by atoms with Crippen molar-refractivity contribution in [3.05, 3.63) is 144 Å². The van der Waals surface area contributed by atoms with Gasteiger partial charge in [0.15, 0.2) is 5.60 Å². The van der Waals surface area contributed by atoms with Crippen LogP contribution >= 0.6 is 63.1 Å². The van der Waals surface area contributed by atoms with E-state index in [4.69, 9.17) is 56.0 Å². The van der Waals surface area contributed by atoms with Crippen molar-refractivity contribution in [1.29, 1.82) is 0 Å². The predicted octanol–water partition coefficient (Wildman–Crippen LogP) is 10.2. The monoisotopic (exact) mass is 1060 g/mol. The lowest BCUT2D eigenvalue weighted by atomic mass is 9.87. The first-order valence-electron chi connectivity index (χ1n) is 17.6. The molecule has 354 valence electrons. The Labute approximate surface area is 396 Å². The number of aliphatic hydroxyl groups excluding tert-OH is 1. The van der Waals surface area contributed by atoms with Crippen molar-refractivity contribution in [2.24, 2.45) is 5.90 Å². The number of Topliss-reactive ketones (excluding diaryl/α,β-unsaturated/α-hetero) is 1. The molecule has 13 nitrogen and oxygen atoms in total. The Morgan fingerprint density at radius 1 is 0.677 bits per heavy atom. The minimum absolute atomic E-state index is 0. The van der Waals surface area contributed by atoms with Crippen LogP contribution in [0.15, 0.2) is 95.5 Å². The highest BCUT2D eigenvalue weighted by molar-refractivity contribution is 9.10. The second-order valence-electron chi connectivity index (χ2n) is 12.8. The molecule has 5 aromatic carbocycles. The van der Waals surface area contributed by atoms with Crippen LogP contribution in [0.4, 0.5) is 43.4 Å². The van der Waals surface area contributed by atoms with Crippen molar-refractivity contribution in [2.75, 3.05) is 16.4 Å². The summed E-state index contributed by atoms with van der Waals surface area (Å²) in [6.45, 7) is 6.63. The van der Waals surface area contributed by atoms with Crippen LogP contribution in [0.25, 0.3) is 0 Å². The Hall–Kier alpha value is -4.87. The van der Waals surface area contributed by atoms with Gasteiger partial charge in [-0.3, -0.25) is 14.4 Å². The third kappa shape index (κ3) is 16.8. The van der Waals surface area contributed by atoms with Gasteiger partial charge < -0.3 is 46.4 Å². The van der Waals surface area contributed by atoms with Crippen molar-refractivity contribution >= 4 is 97.8 Å². The van der Waals surface area contributed by atoms with E-state index in [9.17, 15) is 45.8 Å². The molecule has 1 atom stereocenters. The van der Waals surface area contributed by atoms with Crippen LogP contribution in [0.3, 0.4) is 0 Å². The molecule has 0 spiro atoms. The number of alkyl halides is 6. The average molecular weight is 1070 g/mol. The van der Waals surface area contributed by atoms with Gasteiger partial charge in [0.05, 0.1) is 16.9 Å². The maximum Gasteiger partial charge on any atom is 0.573 e. The summed E-state index contributed by atoms with van der Waals surface area (Å²) in [5, 5.41) is 39.4.